The van der Waals surface area contributed by atoms with Gasteiger partial charge in [0.1, 0.15) is 24.1 Å². The van der Waals surface area contributed by atoms with Crippen LogP contribution in [0.5, 0.6) is 5.88 Å². The van der Waals surface area contributed by atoms with E-state index >= 15 is 0 Å². The van der Waals surface area contributed by atoms with Gasteiger partial charge in [-0.2, -0.15) is 0 Å². The molecule has 1 N–H and O–H groups in total. The van der Waals surface area contributed by atoms with Crippen molar-refractivity contribution in [2.45, 2.75) is 80.9 Å². The molecule has 0 radical (unpaired) electrons. The van der Waals surface area contributed by atoms with E-state index in [2.05, 4.69) is 15.3 Å². The molecule has 36 heavy (non-hydrogen) atoms. The Bertz CT molecular complexity index is 1300. The minimum absolute atomic E-state index is 0.0108. The third-order valence-electron chi connectivity index (χ3n) is 6.63. The minimum atomic E-state index is -3.48. The van der Waals surface area contributed by atoms with Crippen LogP contribution in [0.3, 0.4) is 0 Å². The summed E-state index contributed by atoms with van der Waals surface area (Å²) in [5.74, 6) is 0.0414. The van der Waals surface area contributed by atoms with Gasteiger partial charge in [-0.15, -0.1) is 0 Å². The molecule has 1 amide bonds. The minimum Gasteiger partial charge on any atom is -0.474 e. The van der Waals surface area contributed by atoms with Crippen LogP contribution in [0.15, 0.2) is 41.6 Å². The van der Waals surface area contributed by atoms with Crippen LogP contribution < -0.4 is 10.1 Å². The fourth-order valence-corrected chi connectivity index (χ4v) is 6.31. The molecule has 11 heteroatoms. The third kappa shape index (κ3) is 4.76. The van der Waals surface area contributed by atoms with Gasteiger partial charge in [0.05, 0.1) is 39.6 Å². The zero-order valence-electron chi connectivity index (χ0n) is 20.3. The highest BCUT2D eigenvalue weighted by molar-refractivity contribution is 7.92. The standard InChI is InChI=1S/C25H29FN4O5S/c1-14(2)34-25(31)30-16-4-5-17(30)11-18(10-16)35-24-15(3)23(27-13-28-24)29-22-9-8-20(12-21(22)26)36(32,33)19-6-7-19/h4-5,8-9,12-14,16-19H,6-7,10-11H2,1-3H3,(H,27,28,29)/t16-,17?,18+/m0/s1. The first-order chi connectivity index (χ1) is 17.1. The van der Waals surface area contributed by atoms with Crippen molar-refractivity contribution in [3.63, 3.8) is 0 Å². The van der Waals surface area contributed by atoms with E-state index in [0.717, 1.165) is 6.07 Å². The van der Waals surface area contributed by atoms with Crippen molar-refractivity contribution >= 4 is 27.4 Å². The highest BCUT2D eigenvalue weighted by atomic mass is 32.2. The van der Waals surface area contributed by atoms with Crippen molar-refractivity contribution in [2.75, 3.05) is 5.32 Å². The maximum absolute atomic E-state index is 14.8. The van der Waals surface area contributed by atoms with Gasteiger partial charge in [-0.3, -0.25) is 4.90 Å². The van der Waals surface area contributed by atoms with Crippen LogP contribution in [0.25, 0.3) is 0 Å². The molecule has 9 nitrogen and oxygen atoms in total. The first kappa shape index (κ1) is 24.5. The van der Waals surface area contributed by atoms with Crippen LogP contribution in [0.4, 0.5) is 20.7 Å². The number of sulfone groups is 1. The molecule has 2 bridgehead atoms. The van der Waals surface area contributed by atoms with Gasteiger partial charge in [0, 0.05) is 12.8 Å². The van der Waals surface area contributed by atoms with Gasteiger partial charge in [-0.25, -0.2) is 27.6 Å². The lowest BCUT2D eigenvalue weighted by molar-refractivity contribution is 0.0264. The van der Waals surface area contributed by atoms with E-state index in [1.165, 1.54) is 18.5 Å². The Labute approximate surface area is 209 Å². The largest absolute Gasteiger partial charge is 0.474 e. The second-order valence-electron chi connectivity index (χ2n) is 9.73. The molecule has 2 aromatic rings. The van der Waals surface area contributed by atoms with Gasteiger partial charge in [0.15, 0.2) is 9.84 Å². The predicted molar refractivity (Wildman–Crippen MR) is 130 cm³/mol. The Kier molecular flexibility index (Phi) is 6.36. The van der Waals surface area contributed by atoms with Crippen LogP contribution in [0.1, 0.15) is 45.1 Å². The number of amides is 1. The fourth-order valence-electron chi connectivity index (χ4n) is 4.65. The summed E-state index contributed by atoms with van der Waals surface area (Å²) in [7, 11) is -3.48. The Morgan fingerprint density at radius 2 is 1.86 bits per heavy atom. The Hall–Kier alpha value is -3.21. The molecule has 1 aliphatic carbocycles. The van der Waals surface area contributed by atoms with E-state index in [1.807, 2.05) is 26.0 Å². The first-order valence-electron chi connectivity index (χ1n) is 12.1. The number of fused-ring (bicyclic) bond motifs is 2. The fraction of sp³-hybridized carbons (Fsp3) is 0.480. The normalized spacial score (nSPS) is 23.1. The number of nitrogens with one attached hydrogen (secondary N) is 1. The van der Waals surface area contributed by atoms with Crippen molar-refractivity contribution in [3.05, 3.63) is 48.1 Å². The number of aromatic nitrogens is 2. The molecule has 0 spiro atoms. The molecule has 1 unspecified atom stereocenters. The lowest BCUT2D eigenvalue weighted by Gasteiger charge is -2.38. The second kappa shape index (κ2) is 9.34. The van der Waals surface area contributed by atoms with Crippen molar-refractivity contribution < 1.29 is 27.1 Å². The summed E-state index contributed by atoms with van der Waals surface area (Å²) in [6, 6.07) is 3.64. The molecule has 3 atom stereocenters. The van der Waals surface area contributed by atoms with E-state index in [4.69, 9.17) is 9.47 Å². The molecule has 5 rings (SSSR count). The summed E-state index contributed by atoms with van der Waals surface area (Å²) >= 11 is 0. The monoisotopic (exact) mass is 516 g/mol. The molecule has 1 saturated heterocycles. The SMILES string of the molecule is Cc1c(Nc2ccc(S(=O)(=O)C3CC3)cc2F)ncnc1O[C@H]1CC2C=C[C@@H](C1)N2C(=O)OC(C)C. The van der Waals surface area contributed by atoms with Gasteiger partial charge in [-0.05, 0) is 51.8 Å². The number of hydrogen-bond acceptors (Lipinski definition) is 8. The average molecular weight is 517 g/mol. The second-order valence-corrected chi connectivity index (χ2v) is 12.0. The molecule has 1 aromatic carbocycles. The summed E-state index contributed by atoms with van der Waals surface area (Å²) in [6.45, 7) is 5.41. The molecule has 1 saturated carbocycles. The Balaban J connectivity index is 1.27. The van der Waals surface area contributed by atoms with E-state index in [1.54, 1.807) is 11.8 Å². The molecular weight excluding hydrogens is 487 g/mol. The van der Waals surface area contributed by atoms with Crippen LogP contribution in [0.2, 0.25) is 0 Å². The summed E-state index contributed by atoms with van der Waals surface area (Å²) in [4.78, 5) is 22.7. The molecular formula is C25H29FN4O5S. The van der Waals surface area contributed by atoms with E-state index in [9.17, 15) is 17.6 Å². The first-order valence-corrected chi connectivity index (χ1v) is 13.6. The number of rotatable bonds is 7. The maximum Gasteiger partial charge on any atom is 0.411 e. The number of nitrogens with zero attached hydrogens (tertiary/aromatic N) is 3. The zero-order valence-corrected chi connectivity index (χ0v) is 21.2. The summed E-state index contributed by atoms with van der Waals surface area (Å²) < 4.78 is 51.2. The summed E-state index contributed by atoms with van der Waals surface area (Å²) in [6.07, 6.45) is 7.07. The van der Waals surface area contributed by atoms with Crippen molar-refractivity contribution in [1.82, 2.24) is 14.9 Å². The lowest BCUT2D eigenvalue weighted by Crippen LogP contribution is -2.50. The highest BCUT2D eigenvalue weighted by Crippen LogP contribution is 2.36. The van der Waals surface area contributed by atoms with Crippen LogP contribution >= 0.6 is 0 Å². The van der Waals surface area contributed by atoms with Crippen LogP contribution in [0, 0.1) is 12.7 Å². The summed E-state index contributed by atoms with van der Waals surface area (Å²) in [5, 5.41) is 2.52. The van der Waals surface area contributed by atoms with Gasteiger partial charge in [0.2, 0.25) is 5.88 Å². The molecule has 2 aliphatic heterocycles. The number of benzene rings is 1. The number of carbonyl (C=O) groups is 1. The van der Waals surface area contributed by atoms with Crippen molar-refractivity contribution in [2.24, 2.45) is 0 Å². The molecule has 2 fully saturated rings. The Morgan fingerprint density at radius 1 is 1.17 bits per heavy atom. The molecule has 3 heterocycles. The number of ether oxygens (including phenoxy) is 2. The van der Waals surface area contributed by atoms with Gasteiger partial charge in [-0.1, -0.05) is 12.2 Å². The van der Waals surface area contributed by atoms with Crippen molar-refractivity contribution in [1.29, 1.82) is 0 Å². The van der Waals surface area contributed by atoms with Crippen LogP contribution in [-0.2, 0) is 14.6 Å². The van der Waals surface area contributed by atoms with E-state index in [0.29, 0.717) is 42.9 Å². The quantitative estimate of drug-likeness (QED) is 0.543. The third-order valence-corrected chi connectivity index (χ3v) is 8.89. The topological polar surface area (TPSA) is 111 Å². The van der Waals surface area contributed by atoms with Gasteiger partial charge < -0.3 is 14.8 Å². The van der Waals surface area contributed by atoms with E-state index < -0.39 is 20.9 Å². The number of carbonyl (C=O) groups excluding carboxylic acids is 1. The molecule has 3 aliphatic rings. The Morgan fingerprint density at radius 3 is 2.47 bits per heavy atom. The number of piperidine rings is 1. The number of anilines is 2. The smallest absolute Gasteiger partial charge is 0.411 e. The zero-order chi connectivity index (χ0) is 25.6. The number of halogens is 1. The average Bonchev–Trinajstić information content (AvgIpc) is 3.63. The highest BCUT2D eigenvalue weighted by Gasteiger charge is 2.42. The van der Waals surface area contributed by atoms with E-state index in [-0.39, 0.29) is 41.0 Å². The van der Waals surface area contributed by atoms with Gasteiger partial charge in [0.25, 0.3) is 0 Å². The van der Waals surface area contributed by atoms with Gasteiger partial charge >= 0.3 is 6.09 Å². The molecule has 192 valence electrons. The lowest BCUT2D eigenvalue weighted by atomic mass is 9.99. The van der Waals surface area contributed by atoms with Crippen LogP contribution in [-0.4, -0.2) is 58.9 Å². The predicted octanol–water partition coefficient (Wildman–Crippen LogP) is 4.30. The van der Waals surface area contributed by atoms with Crippen molar-refractivity contribution in [3.8, 4) is 5.88 Å². The summed E-state index contributed by atoms with van der Waals surface area (Å²) in [5.41, 5.74) is 0.699. The number of hydrogen-bond donors (Lipinski definition) is 1. The molecule has 1 aromatic heterocycles. The maximum atomic E-state index is 14.8.